The molecule has 0 bridgehead atoms. The first-order valence-corrected chi connectivity index (χ1v) is 6.49. The third kappa shape index (κ3) is 3.28. The van der Waals surface area contributed by atoms with E-state index >= 15 is 0 Å². The highest BCUT2D eigenvalue weighted by Crippen LogP contribution is 2.32. The molecule has 0 saturated heterocycles. The fourth-order valence-electron chi connectivity index (χ4n) is 1.44. The van der Waals surface area contributed by atoms with Crippen LogP contribution in [0.25, 0.3) is 0 Å². The van der Waals surface area contributed by atoms with Gasteiger partial charge in [0.15, 0.2) is 5.69 Å². The minimum absolute atomic E-state index is 0.305. The van der Waals surface area contributed by atoms with Gasteiger partial charge in [0, 0.05) is 11.8 Å². The summed E-state index contributed by atoms with van der Waals surface area (Å²) in [7, 11) is 0. The lowest BCUT2D eigenvalue weighted by molar-refractivity contribution is 0.0488. The molecule has 0 radical (unpaired) electrons. The molecule has 0 unspecified atom stereocenters. The van der Waals surface area contributed by atoms with Crippen LogP contribution in [-0.2, 0) is 11.2 Å². The van der Waals surface area contributed by atoms with E-state index in [1.54, 1.807) is 5.38 Å². The molecule has 16 heavy (non-hydrogen) atoms. The van der Waals surface area contributed by atoms with Gasteiger partial charge in [-0.2, -0.15) is 0 Å². The summed E-state index contributed by atoms with van der Waals surface area (Å²) in [6.07, 6.45) is 4.29. The molecule has 1 aromatic heterocycles. The molecule has 1 aromatic rings. The number of aromatic nitrogens is 1. The molecule has 2 N–H and O–H groups in total. The monoisotopic (exact) mass is 240 g/mol. The topological polar surface area (TPSA) is 65.2 Å². The van der Waals surface area contributed by atoms with E-state index < -0.39 is 0 Å². The molecule has 1 fully saturated rings. The number of carbonyl (C=O) groups is 1. The van der Waals surface area contributed by atoms with Crippen LogP contribution in [0.3, 0.4) is 0 Å². The number of hydrogen-bond donors (Lipinski definition) is 1. The summed E-state index contributed by atoms with van der Waals surface area (Å²) in [5.74, 6) is 0.483. The number of thiazole rings is 1. The van der Waals surface area contributed by atoms with Crippen LogP contribution in [0.4, 0.5) is 0 Å². The number of esters is 1. The molecule has 0 aromatic carbocycles. The lowest BCUT2D eigenvalue weighted by Crippen LogP contribution is -2.08. The van der Waals surface area contributed by atoms with Crippen molar-refractivity contribution in [3.63, 3.8) is 0 Å². The molecule has 0 spiro atoms. The Labute approximate surface area is 98.8 Å². The van der Waals surface area contributed by atoms with Gasteiger partial charge in [0.2, 0.25) is 0 Å². The van der Waals surface area contributed by atoms with Crippen molar-refractivity contribution >= 4 is 17.3 Å². The summed E-state index contributed by atoms with van der Waals surface area (Å²) in [4.78, 5) is 15.7. The summed E-state index contributed by atoms with van der Waals surface area (Å²) in [5.41, 5.74) is 5.84. The molecule has 4 nitrogen and oxygen atoms in total. The number of nitrogens with zero attached hydrogens (tertiary/aromatic N) is 1. The number of nitrogens with two attached hydrogens (primary N) is 1. The average molecular weight is 240 g/mol. The number of rotatable bonds is 6. The largest absolute Gasteiger partial charge is 0.461 e. The zero-order valence-corrected chi connectivity index (χ0v) is 9.96. The quantitative estimate of drug-likeness (QED) is 0.767. The molecule has 0 aliphatic heterocycles. The summed E-state index contributed by atoms with van der Waals surface area (Å²) in [5, 5.41) is 2.64. The second kappa shape index (κ2) is 5.41. The van der Waals surface area contributed by atoms with Crippen LogP contribution in [0.15, 0.2) is 5.38 Å². The van der Waals surface area contributed by atoms with E-state index in [4.69, 9.17) is 10.5 Å². The van der Waals surface area contributed by atoms with Crippen molar-refractivity contribution in [2.24, 2.45) is 11.7 Å². The van der Waals surface area contributed by atoms with Crippen LogP contribution in [-0.4, -0.2) is 24.1 Å². The van der Waals surface area contributed by atoms with Gasteiger partial charge in [-0.1, -0.05) is 12.8 Å². The van der Waals surface area contributed by atoms with Gasteiger partial charge in [0.1, 0.15) is 0 Å². The fourth-order valence-corrected chi connectivity index (χ4v) is 2.23. The highest BCUT2D eigenvalue weighted by molar-refractivity contribution is 7.09. The Hall–Kier alpha value is -0.940. The molecule has 1 heterocycles. The van der Waals surface area contributed by atoms with E-state index in [0.29, 0.717) is 18.8 Å². The predicted molar refractivity (Wildman–Crippen MR) is 62.5 cm³/mol. The second-order valence-corrected chi connectivity index (χ2v) is 4.98. The number of carbonyl (C=O) groups excluding carboxylic acids is 1. The Morgan fingerprint density at radius 1 is 1.62 bits per heavy atom. The third-order valence-corrected chi connectivity index (χ3v) is 3.48. The Morgan fingerprint density at radius 2 is 2.44 bits per heavy atom. The van der Waals surface area contributed by atoms with Crippen LogP contribution >= 0.6 is 11.3 Å². The summed E-state index contributed by atoms with van der Waals surface area (Å²) in [6.45, 7) is 1.08. The predicted octanol–water partition coefficient (Wildman–Crippen LogP) is 1.60. The first-order valence-electron chi connectivity index (χ1n) is 5.61. The third-order valence-electron chi connectivity index (χ3n) is 2.58. The SMILES string of the molecule is NCCc1nc(C(=O)OCCC2CC2)cs1. The standard InChI is InChI=1S/C11H16N2O2S/c12-5-3-10-13-9(7-16-10)11(14)15-6-4-8-1-2-8/h7-8H,1-6,12H2. The molecule has 1 aliphatic rings. The van der Waals surface area contributed by atoms with Crippen molar-refractivity contribution in [1.82, 2.24) is 4.98 Å². The first-order chi connectivity index (χ1) is 7.79. The normalized spacial score (nSPS) is 15.1. The second-order valence-electron chi connectivity index (χ2n) is 4.03. The first kappa shape index (κ1) is 11.5. The Balaban J connectivity index is 1.77. The van der Waals surface area contributed by atoms with Gasteiger partial charge < -0.3 is 10.5 Å². The fraction of sp³-hybridized carbons (Fsp3) is 0.636. The van der Waals surface area contributed by atoms with Gasteiger partial charge in [-0.05, 0) is 18.9 Å². The minimum Gasteiger partial charge on any atom is -0.461 e. The van der Waals surface area contributed by atoms with Crippen molar-refractivity contribution in [3.05, 3.63) is 16.1 Å². The maximum absolute atomic E-state index is 11.6. The van der Waals surface area contributed by atoms with Crippen LogP contribution in [0, 0.1) is 5.92 Å². The maximum atomic E-state index is 11.6. The van der Waals surface area contributed by atoms with E-state index in [9.17, 15) is 4.79 Å². The van der Waals surface area contributed by atoms with E-state index in [1.165, 1.54) is 24.2 Å². The molecular formula is C11H16N2O2S. The van der Waals surface area contributed by atoms with Gasteiger partial charge in [0.25, 0.3) is 0 Å². The van der Waals surface area contributed by atoms with Gasteiger partial charge in [-0.3, -0.25) is 0 Å². The lowest BCUT2D eigenvalue weighted by Gasteiger charge is -2.00. The van der Waals surface area contributed by atoms with E-state index in [1.807, 2.05) is 0 Å². The molecule has 0 amide bonds. The zero-order valence-electron chi connectivity index (χ0n) is 9.15. The van der Waals surface area contributed by atoms with E-state index in [2.05, 4.69) is 4.98 Å². The Kier molecular flexibility index (Phi) is 3.90. The highest BCUT2D eigenvalue weighted by Gasteiger charge is 2.21. The molecule has 1 saturated carbocycles. The van der Waals surface area contributed by atoms with Crippen molar-refractivity contribution in [2.45, 2.75) is 25.7 Å². The molecule has 88 valence electrons. The van der Waals surface area contributed by atoms with E-state index in [0.717, 1.165) is 23.8 Å². The van der Waals surface area contributed by atoms with Gasteiger partial charge in [-0.25, -0.2) is 9.78 Å². The van der Waals surface area contributed by atoms with E-state index in [-0.39, 0.29) is 5.97 Å². The Bertz CT molecular complexity index is 361. The molecule has 1 aliphatic carbocycles. The van der Waals surface area contributed by atoms with Crippen molar-refractivity contribution in [1.29, 1.82) is 0 Å². The van der Waals surface area contributed by atoms with Crippen molar-refractivity contribution in [2.75, 3.05) is 13.2 Å². The maximum Gasteiger partial charge on any atom is 0.357 e. The number of hydrogen-bond acceptors (Lipinski definition) is 5. The van der Waals surface area contributed by atoms with Gasteiger partial charge >= 0.3 is 5.97 Å². The molecular weight excluding hydrogens is 224 g/mol. The summed E-state index contributed by atoms with van der Waals surface area (Å²) >= 11 is 1.46. The summed E-state index contributed by atoms with van der Waals surface area (Å²) in [6, 6.07) is 0. The van der Waals surface area contributed by atoms with Crippen LogP contribution < -0.4 is 5.73 Å². The smallest absolute Gasteiger partial charge is 0.357 e. The van der Waals surface area contributed by atoms with Crippen LogP contribution in [0.5, 0.6) is 0 Å². The van der Waals surface area contributed by atoms with Crippen LogP contribution in [0.1, 0.15) is 34.8 Å². The zero-order chi connectivity index (χ0) is 11.4. The van der Waals surface area contributed by atoms with Gasteiger partial charge in [-0.15, -0.1) is 11.3 Å². The lowest BCUT2D eigenvalue weighted by atomic mass is 10.3. The minimum atomic E-state index is -0.305. The highest BCUT2D eigenvalue weighted by atomic mass is 32.1. The van der Waals surface area contributed by atoms with Crippen molar-refractivity contribution in [3.8, 4) is 0 Å². The number of ether oxygens (including phenoxy) is 1. The summed E-state index contributed by atoms with van der Waals surface area (Å²) < 4.78 is 5.14. The Morgan fingerprint density at radius 3 is 3.12 bits per heavy atom. The average Bonchev–Trinajstić information content (AvgIpc) is 2.97. The van der Waals surface area contributed by atoms with Gasteiger partial charge in [0.05, 0.1) is 11.6 Å². The molecule has 5 heteroatoms. The molecule has 0 atom stereocenters. The van der Waals surface area contributed by atoms with Crippen LogP contribution in [0.2, 0.25) is 0 Å². The molecule has 2 rings (SSSR count). The van der Waals surface area contributed by atoms with Crippen molar-refractivity contribution < 1.29 is 9.53 Å².